The molecule has 2 rings (SSSR count). The molecule has 0 unspecified atom stereocenters. The average Bonchev–Trinajstić information content (AvgIpc) is 2.38. The molecular weight excluding hydrogens is 230 g/mol. The van der Waals surface area contributed by atoms with Crippen molar-refractivity contribution >= 4 is 5.97 Å². The first-order valence-corrected chi connectivity index (χ1v) is 6.13. The van der Waals surface area contributed by atoms with E-state index in [1.165, 1.54) is 0 Å². The Balaban J connectivity index is 1.88. The zero-order valence-corrected chi connectivity index (χ0v) is 10.1. The Morgan fingerprint density at radius 3 is 3.06 bits per heavy atom. The van der Waals surface area contributed by atoms with Gasteiger partial charge in [0.15, 0.2) is 0 Å². The van der Waals surface area contributed by atoms with Gasteiger partial charge in [-0.25, -0.2) is 0 Å². The van der Waals surface area contributed by atoms with E-state index in [4.69, 9.17) is 14.7 Å². The number of fused-ring (bicyclic) bond motifs is 1. The number of unbranched alkanes of at least 4 members (excludes halogenated alkanes) is 2. The van der Waals surface area contributed by atoms with Crippen molar-refractivity contribution in [2.24, 2.45) is 0 Å². The number of hydrogen-bond donors (Lipinski definition) is 0. The Kier molecular flexibility index (Phi) is 4.19. The van der Waals surface area contributed by atoms with E-state index in [0.717, 1.165) is 24.8 Å². The van der Waals surface area contributed by atoms with Gasteiger partial charge in [-0.15, -0.1) is 0 Å². The molecule has 0 N–H and O–H groups in total. The van der Waals surface area contributed by atoms with Crippen LogP contribution in [0.15, 0.2) is 18.2 Å². The maximum Gasteiger partial charge on any atom is 0.311 e. The molecule has 4 nitrogen and oxygen atoms in total. The molecule has 1 aliphatic rings. The Hall–Kier alpha value is -2.02. The number of nitrogens with zero attached hydrogens (tertiary/aromatic N) is 1. The molecule has 0 atom stereocenters. The molecule has 0 aliphatic carbocycles. The summed E-state index contributed by atoms with van der Waals surface area (Å²) in [5.41, 5.74) is 1.05. The minimum Gasteiger partial charge on any atom is -0.493 e. The second-order valence-electron chi connectivity index (χ2n) is 4.21. The summed E-state index contributed by atoms with van der Waals surface area (Å²) < 4.78 is 10.7. The summed E-state index contributed by atoms with van der Waals surface area (Å²) in [4.78, 5) is 11.2. The van der Waals surface area contributed by atoms with Crippen LogP contribution in [-0.4, -0.2) is 12.6 Å². The van der Waals surface area contributed by atoms with Gasteiger partial charge in [0.2, 0.25) is 0 Å². The summed E-state index contributed by atoms with van der Waals surface area (Å²) in [6, 6.07) is 7.69. The van der Waals surface area contributed by atoms with E-state index >= 15 is 0 Å². The molecule has 0 aromatic heterocycles. The molecule has 0 amide bonds. The lowest BCUT2D eigenvalue weighted by molar-refractivity contribution is -0.135. The van der Waals surface area contributed by atoms with Gasteiger partial charge in [-0.1, -0.05) is 6.07 Å². The first-order valence-electron chi connectivity index (χ1n) is 6.13. The van der Waals surface area contributed by atoms with Crippen molar-refractivity contribution < 1.29 is 14.3 Å². The first-order chi connectivity index (χ1) is 8.79. The highest BCUT2D eigenvalue weighted by atomic mass is 16.5. The number of ether oxygens (including phenoxy) is 2. The molecule has 0 bridgehead atoms. The highest BCUT2D eigenvalue weighted by molar-refractivity contribution is 5.75. The fraction of sp³-hybridized carbons (Fsp3) is 0.429. The molecule has 1 heterocycles. The van der Waals surface area contributed by atoms with Gasteiger partial charge in [-0.3, -0.25) is 4.79 Å². The summed E-state index contributed by atoms with van der Waals surface area (Å²) in [5.74, 6) is 1.13. The smallest absolute Gasteiger partial charge is 0.311 e. The molecular formula is C14H15NO3. The van der Waals surface area contributed by atoms with Crippen LogP contribution in [0.3, 0.4) is 0 Å². The van der Waals surface area contributed by atoms with Crippen molar-refractivity contribution in [3.8, 4) is 17.6 Å². The summed E-state index contributed by atoms with van der Waals surface area (Å²) in [6.45, 7) is 0.578. The van der Waals surface area contributed by atoms with Crippen LogP contribution in [0.5, 0.6) is 11.5 Å². The molecule has 0 saturated carbocycles. The van der Waals surface area contributed by atoms with Crippen LogP contribution in [0.4, 0.5) is 0 Å². The zero-order chi connectivity index (χ0) is 12.8. The summed E-state index contributed by atoms with van der Waals surface area (Å²) in [5, 5.41) is 8.40. The van der Waals surface area contributed by atoms with E-state index in [-0.39, 0.29) is 5.97 Å². The maximum absolute atomic E-state index is 11.2. The van der Waals surface area contributed by atoms with Gasteiger partial charge in [0.1, 0.15) is 11.5 Å². The normalized spacial score (nSPS) is 13.4. The third-order valence-electron chi connectivity index (χ3n) is 2.81. The highest BCUT2D eigenvalue weighted by Gasteiger charge is 2.17. The van der Waals surface area contributed by atoms with Crippen molar-refractivity contribution in [1.29, 1.82) is 5.26 Å². The van der Waals surface area contributed by atoms with Crippen LogP contribution in [0.1, 0.15) is 31.2 Å². The van der Waals surface area contributed by atoms with E-state index in [9.17, 15) is 4.79 Å². The number of hydrogen-bond acceptors (Lipinski definition) is 4. The number of benzene rings is 1. The Labute approximate surface area is 106 Å². The summed E-state index contributed by atoms with van der Waals surface area (Å²) in [6.07, 6.45) is 3.43. The molecule has 1 aromatic carbocycles. The Morgan fingerprint density at radius 2 is 2.22 bits per heavy atom. The highest BCUT2D eigenvalue weighted by Crippen LogP contribution is 2.29. The van der Waals surface area contributed by atoms with Gasteiger partial charge in [0.25, 0.3) is 0 Å². The van der Waals surface area contributed by atoms with Gasteiger partial charge in [0, 0.05) is 12.5 Å². The van der Waals surface area contributed by atoms with E-state index < -0.39 is 0 Å². The lowest BCUT2D eigenvalue weighted by atomic mass is 10.1. The topological polar surface area (TPSA) is 59.3 Å². The lowest BCUT2D eigenvalue weighted by Gasteiger charge is -2.16. The zero-order valence-electron chi connectivity index (χ0n) is 10.1. The van der Waals surface area contributed by atoms with Crippen LogP contribution in [-0.2, 0) is 11.2 Å². The molecule has 94 valence electrons. The molecule has 4 heteroatoms. The number of carbonyl (C=O) groups is 1. The maximum atomic E-state index is 11.2. The predicted octanol–water partition coefficient (Wildman–Crippen LogP) is 2.61. The van der Waals surface area contributed by atoms with Crippen LogP contribution in [0, 0.1) is 11.3 Å². The molecule has 0 radical (unpaired) electrons. The fourth-order valence-corrected chi connectivity index (χ4v) is 1.83. The second-order valence-corrected chi connectivity index (χ2v) is 4.21. The third kappa shape index (κ3) is 3.24. The number of esters is 1. The lowest BCUT2D eigenvalue weighted by Crippen LogP contribution is -2.15. The Bertz CT molecular complexity index is 476. The van der Waals surface area contributed by atoms with Gasteiger partial charge in [-0.05, 0) is 30.9 Å². The molecule has 0 spiro atoms. The van der Waals surface area contributed by atoms with Crippen molar-refractivity contribution in [3.63, 3.8) is 0 Å². The van der Waals surface area contributed by atoms with Crippen molar-refractivity contribution in [1.82, 2.24) is 0 Å². The van der Waals surface area contributed by atoms with Gasteiger partial charge >= 0.3 is 5.97 Å². The number of carbonyl (C=O) groups excluding carboxylic acids is 1. The van der Waals surface area contributed by atoms with E-state index in [0.29, 0.717) is 30.9 Å². The third-order valence-corrected chi connectivity index (χ3v) is 2.81. The van der Waals surface area contributed by atoms with Crippen LogP contribution >= 0.6 is 0 Å². The van der Waals surface area contributed by atoms with Crippen molar-refractivity contribution in [3.05, 3.63) is 23.8 Å². The van der Waals surface area contributed by atoms with Crippen LogP contribution < -0.4 is 9.47 Å². The van der Waals surface area contributed by atoms with Gasteiger partial charge < -0.3 is 9.47 Å². The standard InChI is InChI=1S/C14H15NO3/c15-8-2-1-3-9-17-12-6-4-11-5-7-14(16)18-13(11)10-12/h4,6,10H,1-3,5,7,9H2. The fourth-order valence-electron chi connectivity index (χ4n) is 1.83. The number of aryl methyl sites for hydroxylation is 1. The number of rotatable bonds is 5. The molecule has 18 heavy (non-hydrogen) atoms. The van der Waals surface area contributed by atoms with Crippen molar-refractivity contribution in [2.45, 2.75) is 32.1 Å². The first kappa shape index (κ1) is 12.4. The molecule has 0 fully saturated rings. The summed E-state index contributed by atoms with van der Waals surface area (Å²) >= 11 is 0. The Morgan fingerprint density at radius 1 is 1.33 bits per heavy atom. The second kappa shape index (κ2) is 6.06. The molecule has 0 saturated heterocycles. The van der Waals surface area contributed by atoms with Crippen LogP contribution in [0.2, 0.25) is 0 Å². The molecule has 1 aromatic rings. The molecule has 1 aliphatic heterocycles. The van der Waals surface area contributed by atoms with E-state index in [1.807, 2.05) is 12.1 Å². The largest absolute Gasteiger partial charge is 0.493 e. The van der Waals surface area contributed by atoms with E-state index in [1.54, 1.807) is 6.07 Å². The minimum absolute atomic E-state index is 0.186. The van der Waals surface area contributed by atoms with Gasteiger partial charge in [-0.2, -0.15) is 5.26 Å². The number of nitriles is 1. The van der Waals surface area contributed by atoms with E-state index in [2.05, 4.69) is 6.07 Å². The average molecular weight is 245 g/mol. The minimum atomic E-state index is -0.186. The quantitative estimate of drug-likeness (QED) is 0.454. The predicted molar refractivity (Wildman–Crippen MR) is 65.4 cm³/mol. The van der Waals surface area contributed by atoms with Gasteiger partial charge in [0.05, 0.1) is 19.1 Å². The monoisotopic (exact) mass is 245 g/mol. The SMILES string of the molecule is N#CCCCCOc1ccc2c(c1)OC(=O)CC2. The summed E-state index contributed by atoms with van der Waals surface area (Å²) in [7, 11) is 0. The van der Waals surface area contributed by atoms with Crippen molar-refractivity contribution in [2.75, 3.05) is 6.61 Å². The van der Waals surface area contributed by atoms with Crippen LogP contribution in [0.25, 0.3) is 0 Å².